The fourth-order valence-corrected chi connectivity index (χ4v) is 2.37. The molecule has 0 radical (unpaired) electrons. The van der Waals surface area contributed by atoms with Crippen molar-refractivity contribution in [2.24, 2.45) is 4.99 Å². The maximum absolute atomic E-state index is 12.2. The van der Waals surface area contributed by atoms with Crippen LogP contribution in [0.25, 0.3) is 0 Å². The Hall–Kier alpha value is -2.17. The van der Waals surface area contributed by atoms with Gasteiger partial charge < -0.3 is 20.3 Å². The maximum Gasteiger partial charge on any atom is 0.422 e. The van der Waals surface area contributed by atoms with Crippen molar-refractivity contribution in [1.29, 1.82) is 0 Å². The van der Waals surface area contributed by atoms with E-state index in [1.165, 1.54) is 12.1 Å². The summed E-state index contributed by atoms with van der Waals surface area (Å²) in [5, 5.41) is 6.40. The summed E-state index contributed by atoms with van der Waals surface area (Å²) in [5.41, 5.74) is 3.16. The van der Waals surface area contributed by atoms with Crippen LogP contribution in [0.15, 0.2) is 53.5 Å². The van der Waals surface area contributed by atoms with E-state index >= 15 is 0 Å². The zero-order valence-corrected chi connectivity index (χ0v) is 18.9. The molecular weight excluding hydrogens is 496 g/mol. The molecule has 0 unspecified atom stereocenters. The standard InChI is InChI=1S/C20H25F3N4O.HI/c1-24-19(25-12-15-4-8-17(9-5-15)27(2)3)26-13-16-6-10-18(11-7-16)28-14-20(21,22)23;/h4-11H,12-14H2,1-3H3,(H2,24,25,26);1H. The fourth-order valence-electron chi connectivity index (χ4n) is 2.37. The number of ether oxygens (including phenoxy) is 1. The topological polar surface area (TPSA) is 48.9 Å². The highest BCUT2D eigenvalue weighted by Crippen LogP contribution is 2.18. The third-order valence-corrected chi connectivity index (χ3v) is 3.92. The molecule has 0 saturated heterocycles. The van der Waals surface area contributed by atoms with E-state index in [1.807, 2.05) is 19.0 Å². The van der Waals surface area contributed by atoms with Gasteiger partial charge in [-0.1, -0.05) is 24.3 Å². The Morgan fingerprint density at radius 1 is 0.931 bits per heavy atom. The Morgan fingerprint density at radius 2 is 1.41 bits per heavy atom. The smallest absolute Gasteiger partial charge is 0.422 e. The van der Waals surface area contributed by atoms with Gasteiger partial charge >= 0.3 is 6.18 Å². The monoisotopic (exact) mass is 522 g/mol. The van der Waals surface area contributed by atoms with Gasteiger partial charge in [-0.3, -0.25) is 4.99 Å². The lowest BCUT2D eigenvalue weighted by Crippen LogP contribution is -2.36. The zero-order chi connectivity index (χ0) is 20.6. The second-order valence-corrected chi connectivity index (χ2v) is 6.39. The molecule has 2 aromatic rings. The molecule has 0 aliphatic carbocycles. The first-order chi connectivity index (χ1) is 13.3. The van der Waals surface area contributed by atoms with E-state index in [0.29, 0.717) is 19.0 Å². The summed E-state index contributed by atoms with van der Waals surface area (Å²) in [6, 6.07) is 14.7. The number of halogens is 4. The average molecular weight is 522 g/mol. The molecule has 0 atom stereocenters. The molecule has 2 aromatic carbocycles. The summed E-state index contributed by atoms with van der Waals surface area (Å²) in [5.74, 6) is 0.818. The first-order valence-electron chi connectivity index (χ1n) is 8.76. The highest BCUT2D eigenvalue weighted by Gasteiger charge is 2.28. The van der Waals surface area contributed by atoms with E-state index in [2.05, 4.69) is 39.9 Å². The minimum atomic E-state index is -4.34. The Bertz CT molecular complexity index is 763. The van der Waals surface area contributed by atoms with Crippen LogP contribution in [0.5, 0.6) is 5.75 Å². The fraction of sp³-hybridized carbons (Fsp3) is 0.350. The van der Waals surface area contributed by atoms with Gasteiger partial charge in [0.25, 0.3) is 0 Å². The van der Waals surface area contributed by atoms with Crippen molar-refractivity contribution >= 4 is 35.6 Å². The molecule has 0 bridgehead atoms. The van der Waals surface area contributed by atoms with Crippen LogP contribution >= 0.6 is 24.0 Å². The largest absolute Gasteiger partial charge is 0.484 e. The molecule has 0 aliphatic rings. The molecule has 2 N–H and O–H groups in total. The van der Waals surface area contributed by atoms with Gasteiger partial charge in [0.1, 0.15) is 5.75 Å². The Labute approximate surface area is 186 Å². The summed E-state index contributed by atoms with van der Waals surface area (Å²) in [4.78, 5) is 6.21. The quantitative estimate of drug-likeness (QED) is 0.326. The summed E-state index contributed by atoms with van der Waals surface area (Å²) in [7, 11) is 5.67. The van der Waals surface area contributed by atoms with Gasteiger partial charge in [-0.25, -0.2) is 0 Å². The van der Waals surface area contributed by atoms with Crippen LogP contribution in [0.3, 0.4) is 0 Å². The van der Waals surface area contributed by atoms with Gasteiger partial charge in [-0.2, -0.15) is 13.2 Å². The van der Waals surface area contributed by atoms with Crippen LogP contribution in [-0.2, 0) is 13.1 Å². The van der Waals surface area contributed by atoms with Crippen molar-refractivity contribution in [2.75, 3.05) is 32.6 Å². The molecule has 160 valence electrons. The number of benzene rings is 2. The molecular formula is C20H26F3IN4O. The van der Waals surface area contributed by atoms with Gasteiger partial charge in [0, 0.05) is 39.9 Å². The maximum atomic E-state index is 12.2. The second-order valence-electron chi connectivity index (χ2n) is 6.39. The van der Waals surface area contributed by atoms with Crippen molar-refractivity contribution in [3.8, 4) is 5.75 Å². The minimum absolute atomic E-state index is 0. The van der Waals surface area contributed by atoms with Crippen molar-refractivity contribution in [3.05, 3.63) is 59.7 Å². The molecule has 0 heterocycles. The predicted molar refractivity (Wildman–Crippen MR) is 121 cm³/mol. The van der Waals surface area contributed by atoms with E-state index in [-0.39, 0.29) is 29.7 Å². The highest BCUT2D eigenvalue weighted by molar-refractivity contribution is 14.0. The van der Waals surface area contributed by atoms with Crippen molar-refractivity contribution in [2.45, 2.75) is 19.3 Å². The Balaban J connectivity index is 0.00000420. The third kappa shape index (κ3) is 9.25. The molecule has 0 aromatic heterocycles. The van der Waals surface area contributed by atoms with E-state index in [1.54, 1.807) is 19.2 Å². The lowest BCUT2D eigenvalue weighted by molar-refractivity contribution is -0.153. The second kappa shape index (κ2) is 11.7. The number of nitrogens with one attached hydrogen (secondary N) is 2. The SMILES string of the molecule is CN=C(NCc1ccc(OCC(F)(F)F)cc1)NCc1ccc(N(C)C)cc1.I. The van der Waals surface area contributed by atoms with Gasteiger partial charge in [0.15, 0.2) is 12.6 Å². The zero-order valence-electron chi connectivity index (χ0n) is 16.6. The summed E-state index contributed by atoms with van der Waals surface area (Å²) >= 11 is 0. The first-order valence-corrected chi connectivity index (χ1v) is 8.76. The first kappa shape index (κ1) is 24.9. The lowest BCUT2D eigenvalue weighted by Gasteiger charge is -2.14. The van der Waals surface area contributed by atoms with Crippen molar-refractivity contribution in [1.82, 2.24) is 10.6 Å². The number of hydrogen-bond donors (Lipinski definition) is 2. The van der Waals surface area contributed by atoms with E-state index in [9.17, 15) is 13.2 Å². The molecule has 0 aliphatic heterocycles. The summed E-state index contributed by atoms with van der Waals surface area (Å²) in [6.07, 6.45) is -4.34. The summed E-state index contributed by atoms with van der Waals surface area (Å²) in [6.45, 7) is -0.187. The molecule has 9 heteroatoms. The molecule has 5 nitrogen and oxygen atoms in total. The predicted octanol–water partition coefficient (Wildman–Crippen LogP) is 4.18. The van der Waals surface area contributed by atoms with E-state index in [4.69, 9.17) is 4.74 Å². The van der Waals surface area contributed by atoms with Gasteiger partial charge in [0.2, 0.25) is 0 Å². The Kier molecular flexibility index (Phi) is 10.1. The molecule has 0 spiro atoms. The van der Waals surface area contributed by atoms with Gasteiger partial charge in [0.05, 0.1) is 0 Å². The third-order valence-electron chi connectivity index (χ3n) is 3.92. The number of aliphatic imine (C=N–C) groups is 1. The normalized spacial score (nSPS) is 11.4. The molecule has 29 heavy (non-hydrogen) atoms. The molecule has 0 fully saturated rings. The minimum Gasteiger partial charge on any atom is -0.484 e. The van der Waals surface area contributed by atoms with E-state index < -0.39 is 12.8 Å². The van der Waals surface area contributed by atoms with Crippen LogP contribution in [0.2, 0.25) is 0 Å². The molecule has 2 rings (SSSR count). The van der Waals surface area contributed by atoms with Crippen molar-refractivity contribution in [3.63, 3.8) is 0 Å². The highest BCUT2D eigenvalue weighted by atomic mass is 127. The van der Waals surface area contributed by atoms with Crippen molar-refractivity contribution < 1.29 is 17.9 Å². The number of rotatable bonds is 7. The average Bonchev–Trinajstić information content (AvgIpc) is 2.67. The van der Waals surface area contributed by atoms with Crippen LogP contribution < -0.4 is 20.3 Å². The van der Waals surface area contributed by atoms with Gasteiger partial charge in [-0.15, -0.1) is 24.0 Å². The number of anilines is 1. The summed E-state index contributed by atoms with van der Waals surface area (Å²) < 4.78 is 41.2. The van der Waals surface area contributed by atoms with Gasteiger partial charge in [-0.05, 0) is 35.4 Å². The van der Waals surface area contributed by atoms with Crippen LogP contribution in [0.4, 0.5) is 18.9 Å². The Morgan fingerprint density at radius 3 is 1.83 bits per heavy atom. The number of alkyl halides is 3. The molecule has 0 amide bonds. The molecule has 0 saturated carbocycles. The number of hydrogen-bond acceptors (Lipinski definition) is 3. The van der Waals surface area contributed by atoms with E-state index in [0.717, 1.165) is 16.8 Å². The van der Waals surface area contributed by atoms with Crippen LogP contribution in [0.1, 0.15) is 11.1 Å². The lowest BCUT2D eigenvalue weighted by atomic mass is 10.2. The van der Waals surface area contributed by atoms with Crippen LogP contribution in [0, 0.1) is 0 Å². The number of guanidine groups is 1. The number of nitrogens with zero attached hydrogens (tertiary/aromatic N) is 2. The van der Waals surface area contributed by atoms with Crippen LogP contribution in [-0.4, -0.2) is 39.9 Å².